The molecule has 0 aliphatic carbocycles. The number of hydrogen-bond donors (Lipinski definition) is 2. The molecule has 0 amide bonds. The van der Waals surface area contributed by atoms with E-state index in [0.29, 0.717) is 0 Å². The van der Waals surface area contributed by atoms with E-state index in [0.717, 1.165) is 18.7 Å². The van der Waals surface area contributed by atoms with Crippen LogP contribution in [0.1, 0.15) is 11.7 Å². The summed E-state index contributed by atoms with van der Waals surface area (Å²) >= 11 is 0. The Kier molecular flexibility index (Phi) is 5.50. The monoisotopic (exact) mass is 217 g/mol. The molecule has 16 heavy (non-hydrogen) atoms. The van der Waals surface area contributed by atoms with E-state index >= 15 is 0 Å². The third kappa shape index (κ3) is 3.31. The zero-order chi connectivity index (χ0) is 11.8. The Labute approximate surface area is 97.2 Å². The molecule has 1 aromatic carbocycles. The van der Waals surface area contributed by atoms with Gasteiger partial charge in [0.15, 0.2) is 0 Å². The van der Waals surface area contributed by atoms with Crippen molar-refractivity contribution in [1.29, 1.82) is 0 Å². The highest BCUT2D eigenvalue weighted by Crippen LogP contribution is 2.16. The Balaban J connectivity index is 2.85. The van der Waals surface area contributed by atoms with Crippen molar-refractivity contribution in [2.45, 2.75) is 6.17 Å². The van der Waals surface area contributed by atoms with Gasteiger partial charge in [-0.1, -0.05) is 42.5 Å². The van der Waals surface area contributed by atoms with E-state index in [9.17, 15) is 0 Å². The van der Waals surface area contributed by atoms with Crippen LogP contribution in [-0.4, -0.2) is 18.0 Å². The minimum absolute atomic E-state index is 0.0165. The maximum atomic E-state index is 5.61. The smallest absolute Gasteiger partial charge is 0.0991 e. The first-order valence-corrected chi connectivity index (χ1v) is 5.30. The second kappa shape index (κ2) is 6.95. The van der Waals surface area contributed by atoms with Gasteiger partial charge in [-0.3, -0.25) is 10.7 Å². The van der Waals surface area contributed by atoms with Crippen molar-refractivity contribution in [3.05, 3.63) is 61.2 Å². The second-order valence-electron chi connectivity index (χ2n) is 3.51. The molecular weight excluding hydrogens is 198 g/mol. The van der Waals surface area contributed by atoms with Gasteiger partial charge in [-0.25, -0.2) is 5.43 Å². The standard InChI is InChI=1S/C13H19N3/c1-3-10-16(11-4-2)13(15-14)12-8-6-5-7-9-12/h3-9,13,15H,1-2,10-11,14H2. The molecule has 0 heterocycles. The topological polar surface area (TPSA) is 41.3 Å². The van der Waals surface area contributed by atoms with Crippen LogP contribution in [0.25, 0.3) is 0 Å². The van der Waals surface area contributed by atoms with Crippen LogP contribution in [0.3, 0.4) is 0 Å². The quantitative estimate of drug-likeness (QED) is 0.317. The molecule has 1 unspecified atom stereocenters. The Bertz CT molecular complexity index is 311. The summed E-state index contributed by atoms with van der Waals surface area (Å²) in [7, 11) is 0. The number of nitrogens with one attached hydrogen (secondary N) is 1. The fraction of sp³-hybridized carbons (Fsp3) is 0.231. The van der Waals surface area contributed by atoms with Crippen LogP contribution in [-0.2, 0) is 0 Å². The maximum Gasteiger partial charge on any atom is 0.0991 e. The van der Waals surface area contributed by atoms with E-state index in [2.05, 4.69) is 23.5 Å². The molecule has 0 bridgehead atoms. The molecule has 0 aliphatic heterocycles. The van der Waals surface area contributed by atoms with Crippen LogP contribution >= 0.6 is 0 Å². The summed E-state index contributed by atoms with van der Waals surface area (Å²) in [4.78, 5) is 2.15. The van der Waals surface area contributed by atoms with Gasteiger partial charge in [-0.05, 0) is 5.56 Å². The van der Waals surface area contributed by atoms with E-state index in [1.165, 1.54) is 0 Å². The number of hydrogen-bond acceptors (Lipinski definition) is 3. The summed E-state index contributed by atoms with van der Waals surface area (Å²) in [6, 6.07) is 10.1. The Morgan fingerprint density at radius 1 is 1.19 bits per heavy atom. The molecular formula is C13H19N3. The Hall–Kier alpha value is -1.42. The minimum atomic E-state index is -0.0165. The van der Waals surface area contributed by atoms with E-state index in [-0.39, 0.29) is 6.17 Å². The molecule has 0 fully saturated rings. The summed E-state index contributed by atoms with van der Waals surface area (Å²) < 4.78 is 0. The fourth-order valence-corrected chi connectivity index (χ4v) is 1.66. The van der Waals surface area contributed by atoms with Gasteiger partial charge in [-0.2, -0.15) is 0 Å². The van der Waals surface area contributed by atoms with E-state index < -0.39 is 0 Å². The molecule has 3 heteroatoms. The van der Waals surface area contributed by atoms with Gasteiger partial charge in [0.1, 0.15) is 0 Å². The lowest BCUT2D eigenvalue weighted by Gasteiger charge is -2.29. The molecule has 86 valence electrons. The van der Waals surface area contributed by atoms with Gasteiger partial charge >= 0.3 is 0 Å². The van der Waals surface area contributed by atoms with Gasteiger partial charge in [0.05, 0.1) is 6.17 Å². The number of nitrogens with two attached hydrogens (primary N) is 1. The zero-order valence-electron chi connectivity index (χ0n) is 9.47. The lowest BCUT2D eigenvalue weighted by Crippen LogP contribution is -2.42. The normalized spacial score (nSPS) is 12.4. The minimum Gasteiger partial charge on any atom is -0.276 e. The van der Waals surface area contributed by atoms with Crippen LogP contribution in [0.2, 0.25) is 0 Å². The Morgan fingerprint density at radius 2 is 1.75 bits per heavy atom. The third-order valence-corrected chi connectivity index (χ3v) is 2.37. The highest BCUT2D eigenvalue weighted by Gasteiger charge is 2.15. The molecule has 0 saturated carbocycles. The molecule has 1 rings (SSSR count). The molecule has 3 nitrogen and oxygen atoms in total. The molecule has 0 aromatic heterocycles. The van der Waals surface area contributed by atoms with Crippen molar-refractivity contribution in [2.75, 3.05) is 13.1 Å². The van der Waals surface area contributed by atoms with E-state index in [1.807, 2.05) is 42.5 Å². The van der Waals surface area contributed by atoms with Gasteiger partial charge in [-0.15, -0.1) is 13.2 Å². The summed E-state index contributed by atoms with van der Waals surface area (Å²) in [6.07, 6.45) is 3.70. The highest BCUT2D eigenvalue weighted by molar-refractivity contribution is 5.18. The Morgan fingerprint density at radius 3 is 2.19 bits per heavy atom. The van der Waals surface area contributed by atoms with Gasteiger partial charge in [0.25, 0.3) is 0 Å². The van der Waals surface area contributed by atoms with Crippen molar-refractivity contribution in [3.63, 3.8) is 0 Å². The molecule has 0 spiro atoms. The predicted molar refractivity (Wildman–Crippen MR) is 68.5 cm³/mol. The number of rotatable bonds is 7. The van der Waals surface area contributed by atoms with Crippen molar-refractivity contribution in [1.82, 2.24) is 10.3 Å². The fourth-order valence-electron chi connectivity index (χ4n) is 1.66. The average molecular weight is 217 g/mol. The highest BCUT2D eigenvalue weighted by atomic mass is 15.4. The summed E-state index contributed by atoms with van der Waals surface area (Å²) in [5, 5.41) is 0. The molecule has 1 aromatic rings. The SMILES string of the molecule is C=CCN(CC=C)C(NN)c1ccccc1. The maximum absolute atomic E-state index is 5.61. The van der Waals surface area contributed by atoms with E-state index in [1.54, 1.807) is 0 Å². The van der Waals surface area contributed by atoms with Crippen LogP contribution in [0.4, 0.5) is 0 Å². The van der Waals surface area contributed by atoms with E-state index in [4.69, 9.17) is 5.84 Å². The average Bonchev–Trinajstić information content (AvgIpc) is 2.32. The first kappa shape index (κ1) is 12.6. The number of hydrazine groups is 1. The molecule has 3 N–H and O–H groups in total. The molecule has 1 atom stereocenters. The molecule has 0 aliphatic rings. The van der Waals surface area contributed by atoms with Crippen molar-refractivity contribution in [3.8, 4) is 0 Å². The van der Waals surface area contributed by atoms with Gasteiger partial charge < -0.3 is 0 Å². The lowest BCUT2D eigenvalue weighted by atomic mass is 10.1. The second-order valence-corrected chi connectivity index (χ2v) is 3.51. The number of nitrogens with zero attached hydrogens (tertiary/aromatic N) is 1. The summed E-state index contributed by atoms with van der Waals surface area (Å²) in [5.74, 6) is 5.61. The first-order chi connectivity index (χ1) is 7.83. The third-order valence-electron chi connectivity index (χ3n) is 2.37. The lowest BCUT2D eigenvalue weighted by molar-refractivity contribution is 0.205. The first-order valence-electron chi connectivity index (χ1n) is 5.30. The van der Waals surface area contributed by atoms with Crippen LogP contribution in [0.5, 0.6) is 0 Å². The van der Waals surface area contributed by atoms with Crippen molar-refractivity contribution >= 4 is 0 Å². The van der Waals surface area contributed by atoms with Crippen LogP contribution in [0.15, 0.2) is 55.6 Å². The molecule has 0 saturated heterocycles. The van der Waals surface area contributed by atoms with Crippen LogP contribution in [0, 0.1) is 0 Å². The summed E-state index contributed by atoms with van der Waals surface area (Å²) in [5.41, 5.74) is 3.95. The van der Waals surface area contributed by atoms with Crippen LogP contribution < -0.4 is 11.3 Å². The van der Waals surface area contributed by atoms with Gasteiger partial charge in [0, 0.05) is 13.1 Å². The largest absolute Gasteiger partial charge is 0.276 e. The van der Waals surface area contributed by atoms with Crippen molar-refractivity contribution < 1.29 is 0 Å². The molecule has 0 radical (unpaired) electrons. The van der Waals surface area contributed by atoms with Gasteiger partial charge in [0.2, 0.25) is 0 Å². The summed E-state index contributed by atoms with van der Waals surface area (Å²) in [6.45, 7) is 9.02. The number of benzene rings is 1. The van der Waals surface area contributed by atoms with Crippen molar-refractivity contribution in [2.24, 2.45) is 5.84 Å². The zero-order valence-corrected chi connectivity index (χ0v) is 9.47. The predicted octanol–water partition coefficient (Wildman–Crippen LogP) is 1.82.